The van der Waals surface area contributed by atoms with Crippen molar-refractivity contribution < 1.29 is 19.1 Å². The Balaban J connectivity index is 1.75. The van der Waals surface area contributed by atoms with Crippen LogP contribution in [-0.4, -0.2) is 49.0 Å². The van der Waals surface area contributed by atoms with E-state index in [1.165, 1.54) is 13.2 Å². The van der Waals surface area contributed by atoms with Crippen molar-refractivity contribution >= 4 is 29.1 Å². The molecule has 0 radical (unpaired) electrons. The molecular formula is C21H21ClN4O4. The van der Waals surface area contributed by atoms with Crippen LogP contribution in [0.4, 0.5) is 5.69 Å². The molecule has 0 saturated heterocycles. The molecule has 0 bridgehead atoms. The summed E-state index contributed by atoms with van der Waals surface area (Å²) in [6, 6.07) is 14.0. The number of nitrogens with zero attached hydrogens (tertiary/aromatic N) is 2. The average molecular weight is 429 g/mol. The Kier molecular flexibility index (Phi) is 7.05. The quantitative estimate of drug-likeness (QED) is 0.537. The molecule has 3 aromatic rings. The molecule has 0 fully saturated rings. The Bertz CT molecular complexity index is 1040. The van der Waals surface area contributed by atoms with Crippen LogP contribution in [0.25, 0.3) is 5.69 Å². The molecule has 2 amide bonds. The zero-order valence-corrected chi connectivity index (χ0v) is 17.3. The lowest BCUT2D eigenvalue weighted by Gasteiger charge is -2.09. The number of nitrogens with one attached hydrogen (secondary N) is 2. The molecule has 2 N–H and O–H groups in total. The number of hydrogen-bond donors (Lipinski definition) is 2. The minimum atomic E-state index is -0.463. The Morgan fingerprint density at radius 2 is 1.87 bits per heavy atom. The number of carbonyl (C=O) groups is 2. The molecule has 30 heavy (non-hydrogen) atoms. The number of hydrogen-bond acceptors (Lipinski definition) is 5. The first kappa shape index (κ1) is 21.4. The minimum Gasteiger partial charge on any atom is -0.493 e. The molecule has 0 aliphatic rings. The first-order valence-electron chi connectivity index (χ1n) is 9.10. The lowest BCUT2D eigenvalue weighted by molar-refractivity contribution is 0.0936. The van der Waals surface area contributed by atoms with Gasteiger partial charge in [0.1, 0.15) is 0 Å². The van der Waals surface area contributed by atoms with E-state index in [-0.39, 0.29) is 16.6 Å². The molecule has 0 atom stereocenters. The van der Waals surface area contributed by atoms with Gasteiger partial charge in [-0.15, -0.1) is 0 Å². The predicted octanol–water partition coefficient (Wildman–Crippen LogP) is 3.16. The number of carbonyl (C=O) groups excluding carboxylic acids is 2. The summed E-state index contributed by atoms with van der Waals surface area (Å²) in [6.45, 7) is 0.767. The fourth-order valence-electron chi connectivity index (χ4n) is 2.71. The van der Waals surface area contributed by atoms with Crippen LogP contribution in [0.1, 0.15) is 20.8 Å². The second-order valence-corrected chi connectivity index (χ2v) is 6.63. The fraction of sp³-hybridized carbons (Fsp3) is 0.190. The molecule has 0 saturated carbocycles. The van der Waals surface area contributed by atoms with E-state index in [2.05, 4.69) is 15.7 Å². The number of halogens is 1. The van der Waals surface area contributed by atoms with Gasteiger partial charge in [-0.2, -0.15) is 5.10 Å². The van der Waals surface area contributed by atoms with E-state index in [1.807, 2.05) is 30.3 Å². The number of methoxy groups -OCH3 is 2. The van der Waals surface area contributed by atoms with Crippen LogP contribution in [-0.2, 0) is 4.74 Å². The molecule has 0 aliphatic heterocycles. The van der Waals surface area contributed by atoms with Gasteiger partial charge in [-0.25, -0.2) is 4.68 Å². The van der Waals surface area contributed by atoms with Crippen LogP contribution in [0, 0.1) is 0 Å². The molecule has 2 aromatic carbocycles. The maximum Gasteiger partial charge on any atom is 0.280 e. The average Bonchev–Trinajstić information content (AvgIpc) is 3.19. The van der Waals surface area contributed by atoms with E-state index >= 15 is 0 Å². The van der Waals surface area contributed by atoms with Crippen molar-refractivity contribution in [3.8, 4) is 11.4 Å². The normalized spacial score (nSPS) is 10.5. The van der Waals surface area contributed by atoms with Crippen LogP contribution in [0.5, 0.6) is 5.75 Å². The summed E-state index contributed by atoms with van der Waals surface area (Å²) in [5.41, 5.74) is 1.65. The summed E-state index contributed by atoms with van der Waals surface area (Å²) in [6.07, 6.45) is 1.63. The van der Waals surface area contributed by atoms with E-state index in [9.17, 15) is 9.59 Å². The second-order valence-electron chi connectivity index (χ2n) is 6.22. The Morgan fingerprint density at radius 1 is 1.10 bits per heavy atom. The number of aromatic nitrogens is 2. The van der Waals surface area contributed by atoms with E-state index in [4.69, 9.17) is 21.1 Å². The first-order chi connectivity index (χ1) is 14.5. The molecule has 156 valence electrons. The van der Waals surface area contributed by atoms with Crippen molar-refractivity contribution in [1.29, 1.82) is 0 Å². The third-order valence-corrected chi connectivity index (χ3v) is 4.51. The summed E-state index contributed by atoms with van der Waals surface area (Å²) in [4.78, 5) is 24.9. The van der Waals surface area contributed by atoms with Crippen molar-refractivity contribution in [3.05, 3.63) is 71.0 Å². The summed E-state index contributed by atoms with van der Waals surface area (Å²) < 4.78 is 11.8. The highest BCUT2D eigenvalue weighted by molar-refractivity contribution is 6.34. The SMILES string of the molecule is COCCNC(=O)c1ccc(NC(=O)c2nn(-c3ccccc3)cc2OC)cc1Cl. The van der Waals surface area contributed by atoms with Crippen LogP contribution in [0.3, 0.4) is 0 Å². The zero-order chi connectivity index (χ0) is 21.5. The smallest absolute Gasteiger partial charge is 0.280 e. The molecule has 0 aliphatic carbocycles. The Hall–Kier alpha value is -3.36. The number of ether oxygens (including phenoxy) is 2. The van der Waals surface area contributed by atoms with Crippen molar-refractivity contribution in [2.24, 2.45) is 0 Å². The predicted molar refractivity (Wildman–Crippen MR) is 114 cm³/mol. The standard InChI is InChI=1S/C21H21ClN4O4/c1-29-11-10-23-20(27)16-9-8-14(12-17(16)22)24-21(28)19-18(30-2)13-26(25-19)15-6-4-3-5-7-15/h3-9,12-13H,10-11H2,1-2H3,(H,23,27)(H,24,28). The molecule has 8 nitrogen and oxygen atoms in total. The van der Waals surface area contributed by atoms with Crippen molar-refractivity contribution in [2.75, 3.05) is 32.7 Å². The number of anilines is 1. The van der Waals surface area contributed by atoms with E-state index in [0.29, 0.717) is 30.2 Å². The molecular weight excluding hydrogens is 408 g/mol. The van der Waals surface area contributed by atoms with E-state index < -0.39 is 5.91 Å². The zero-order valence-electron chi connectivity index (χ0n) is 16.5. The largest absolute Gasteiger partial charge is 0.493 e. The molecule has 0 unspecified atom stereocenters. The second kappa shape index (κ2) is 9.91. The minimum absolute atomic E-state index is 0.124. The van der Waals surface area contributed by atoms with Crippen LogP contribution in [0.2, 0.25) is 5.02 Å². The molecule has 9 heteroatoms. The number of amides is 2. The van der Waals surface area contributed by atoms with Gasteiger partial charge in [-0.05, 0) is 30.3 Å². The monoisotopic (exact) mass is 428 g/mol. The van der Waals surface area contributed by atoms with Gasteiger partial charge >= 0.3 is 0 Å². The topological polar surface area (TPSA) is 94.5 Å². The maximum atomic E-state index is 12.7. The lowest BCUT2D eigenvalue weighted by atomic mass is 10.2. The highest BCUT2D eigenvalue weighted by atomic mass is 35.5. The van der Waals surface area contributed by atoms with Gasteiger partial charge < -0.3 is 20.1 Å². The first-order valence-corrected chi connectivity index (χ1v) is 9.48. The molecule has 1 heterocycles. The fourth-order valence-corrected chi connectivity index (χ4v) is 2.97. The van der Waals surface area contributed by atoms with Crippen molar-refractivity contribution in [1.82, 2.24) is 15.1 Å². The van der Waals surface area contributed by atoms with Gasteiger partial charge in [-0.1, -0.05) is 29.8 Å². The van der Waals surface area contributed by atoms with Crippen molar-refractivity contribution in [2.45, 2.75) is 0 Å². The Morgan fingerprint density at radius 3 is 2.53 bits per heavy atom. The van der Waals surface area contributed by atoms with Crippen LogP contribution >= 0.6 is 11.6 Å². The van der Waals surface area contributed by atoms with Crippen LogP contribution in [0.15, 0.2) is 54.7 Å². The maximum absolute atomic E-state index is 12.7. The van der Waals surface area contributed by atoms with E-state index in [1.54, 1.807) is 30.1 Å². The third-order valence-electron chi connectivity index (χ3n) is 4.20. The van der Waals surface area contributed by atoms with Gasteiger partial charge in [0.25, 0.3) is 11.8 Å². The van der Waals surface area contributed by atoms with Crippen LogP contribution < -0.4 is 15.4 Å². The highest BCUT2D eigenvalue weighted by Gasteiger charge is 2.19. The van der Waals surface area contributed by atoms with E-state index in [0.717, 1.165) is 5.69 Å². The number of para-hydroxylation sites is 1. The molecule has 0 spiro atoms. The van der Waals surface area contributed by atoms with Gasteiger partial charge in [0.2, 0.25) is 0 Å². The Labute approximate surface area is 178 Å². The molecule has 3 rings (SSSR count). The molecule has 1 aromatic heterocycles. The summed E-state index contributed by atoms with van der Waals surface area (Å²) in [5.74, 6) is -0.454. The van der Waals surface area contributed by atoms with Crippen molar-refractivity contribution in [3.63, 3.8) is 0 Å². The van der Waals surface area contributed by atoms with Gasteiger partial charge in [0.05, 0.1) is 36.2 Å². The highest BCUT2D eigenvalue weighted by Crippen LogP contribution is 2.24. The summed E-state index contributed by atoms with van der Waals surface area (Å²) >= 11 is 6.22. The lowest BCUT2D eigenvalue weighted by Crippen LogP contribution is -2.27. The number of rotatable bonds is 8. The van der Waals surface area contributed by atoms with Gasteiger partial charge in [0, 0.05) is 19.3 Å². The third kappa shape index (κ3) is 4.97. The summed E-state index contributed by atoms with van der Waals surface area (Å²) in [7, 11) is 3.02. The summed E-state index contributed by atoms with van der Waals surface area (Å²) in [5, 5.41) is 9.96. The van der Waals surface area contributed by atoms with Gasteiger partial charge in [0.15, 0.2) is 11.4 Å². The van der Waals surface area contributed by atoms with Gasteiger partial charge in [-0.3, -0.25) is 9.59 Å². The number of benzene rings is 2.